The fourth-order valence-corrected chi connectivity index (χ4v) is 4.07. The van der Waals surface area contributed by atoms with Crippen molar-refractivity contribution in [2.75, 3.05) is 33.2 Å². The first-order valence-corrected chi connectivity index (χ1v) is 9.32. The number of nitrogens with zero attached hydrogens (tertiary/aromatic N) is 2. The number of hydrogen-bond donors (Lipinski definition) is 2. The lowest BCUT2D eigenvalue weighted by molar-refractivity contribution is -0.125. The van der Waals surface area contributed by atoms with Crippen molar-refractivity contribution in [1.82, 2.24) is 19.8 Å². The van der Waals surface area contributed by atoms with Gasteiger partial charge in [-0.3, -0.25) is 15.0 Å². The Hall–Kier alpha value is -2.11. The van der Waals surface area contributed by atoms with E-state index < -0.39 is 44.5 Å². The SMILES string of the molecule is CNC(=O)NC(=O)[C@@H](C)N1CCN(S(=O)(=O)c2ccc(F)cc2F)CC1. The number of carbonyl (C=O) groups is 2. The van der Waals surface area contributed by atoms with Gasteiger partial charge in [0.1, 0.15) is 16.5 Å². The summed E-state index contributed by atoms with van der Waals surface area (Å²) < 4.78 is 52.9. The summed E-state index contributed by atoms with van der Waals surface area (Å²) in [4.78, 5) is 24.3. The van der Waals surface area contributed by atoms with Gasteiger partial charge < -0.3 is 5.32 Å². The van der Waals surface area contributed by atoms with E-state index in [4.69, 9.17) is 0 Å². The van der Waals surface area contributed by atoms with Crippen molar-refractivity contribution in [3.63, 3.8) is 0 Å². The number of benzene rings is 1. The minimum atomic E-state index is -4.10. The van der Waals surface area contributed by atoms with Crippen LogP contribution in [0.15, 0.2) is 23.1 Å². The van der Waals surface area contributed by atoms with E-state index in [0.29, 0.717) is 6.07 Å². The summed E-state index contributed by atoms with van der Waals surface area (Å²) in [6.45, 7) is 2.13. The zero-order chi connectivity index (χ0) is 19.5. The van der Waals surface area contributed by atoms with Crippen molar-refractivity contribution in [3.05, 3.63) is 29.8 Å². The third-order valence-corrected chi connectivity index (χ3v) is 6.11. The van der Waals surface area contributed by atoms with Gasteiger partial charge in [-0.25, -0.2) is 22.0 Å². The quantitative estimate of drug-likeness (QED) is 0.761. The Labute approximate surface area is 150 Å². The van der Waals surface area contributed by atoms with Gasteiger partial charge in [-0.2, -0.15) is 4.31 Å². The Bertz CT molecular complexity index is 795. The van der Waals surface area contributed by atoms with Gasteiger partial charge in [-0.1, -0.05) is 0 Å². The smallest absolute Gasteiger partial charge is 0.321 e. The van der Waals surface area contributed by atoms with E-state index in [2.05, 4.69) is 10.6 Å². The van der Waals surface area contributed by atoms with Crippen LogP contribution in [0.25, 0.3) is 0 Å². The highest BCUT2D eigenvalue weighted by Gasteiger charge is 2.33. The van der Waals surface area contributed by atoms with Crippen LogP contribution in [0.4, 0.5) is 13.6 Å². The lowest BCUT2D eigenvalue weighted by Crippen LogP contribution is -2.56. The van der Waals surface area contributed by atoms with Crippen molar-refractivity contribution in [3.8, 4) is 0 Å². The number of rotatable bonds is 4. The van der Waals surface area contributed by atoms with Crippen molar-refractivity contribution in [2.45, 2.75) is 17.9 Å². The summed E-state index contributed by atoms with van der Waals surface area (Å²) in [5.74, 6) is -2.52. The first-order valence-electron chi connectivity index (χ1n) is 7.88. The zero-order valence-electron chi connectivity index (χ0n) is 14.3. The minimum Gasteiger partial charge on any atom is -0.341 e. The van der Waals surface area contributed by atoms with Crippen molar-refractivity contribution >= 4 is 22.0 Å². The Morgan fingerprint density at radius 3 is 2.31 bits per heavy atom. The third kappa shape index (κ3) is 4.34. The molecule has 11 heteroatoms. The first-order chi connectivity index (χ1) is 12.2. The Kier molecular flexibility index (Phi) is 6.26. The van der Waals surface area contributed by atoms with Gasteiger partial charge >= 0.3 is 6.03 Å². The minimum absolute atomic E-state index is 0.0384. The molecule has 0 aliphatic carbocycles. The van der Waals surface area contributed by atoms with E-state index in [1.54, 1.807) is 11.8 Å². The highest BCUT2D eigenvalue weighted by molar-refractivity contribution is 7.89. The molecule has 0 spiro atoms. The van der Waals surface area contributed by atoms with Crippen LogP contribution in [-0.2, 0) is 14.8 Å². The number of sulfonamides is 1. The van der Waals surface area contributed by atoms with Crippen LogP contribution in [0, 0.1) is 11.6 Å². The highest BCUT2D eigenvalue weighted by Crippen LogP contribution is 2.21. The van der Waals surface area contributed by atoms with Gasteiger partial charge in [0.2, 0.25) is 15.9 Å². The number of piperazine rings is 1. The summed E-state index contributed by atoms with van der Waals surface area (Å²) >= 11 is 0. The predicted molar refractivity (Wildman–Crippen MR) is 88.8 cm³/mol. The molecule has 0 saturated carbocycles. The third-order valence-electron chi connectivity index (χ3n) is 4.18. The molecule has 144 valence electrons. The van der Waals surface area contributed by atoms with E-state index in [9.17, 15) is 26.8 Å². The monoisotopic (exact) mass is 390 g/mol. The maximum absolute atomic E-state index is 13.8. The van der Waals surface area contributed by atoms with E-state index in [1.165, 1.54) is 7.05 Å². The normalized spacial score (nSPS) is 17.5. The van der Waals surface area contributed by atoms with Gasteiger partial charge in [0.15, 0.2) is 0 Å². The molecule has 1 aromatic rings. The summed E-state index contributed by atoms with van der Waals surface area (Å²) in [5.41, 5.74) is 0. The van der Waals surface area contributed by atoms with Gasteiger partial charge in [0.25, 0.3) is 0 Å². The molecule has 0 radical (unpaired) electrons. The molecule has 1 atom stereocenters. The molecule has 0 bridgehead atoms. The van der Waals surface area contributed by atoms with E-state index in [1.807, 2.05) is 0 Å². The molecule has 1 aromatic carbocycles. The fraction of sp³-hybridized carbons (Fsp3) is 0.467. The van der Waals surface area contributed by atoms with Crippen molar-refractivity contribution < 1.29 is 26.8 Å². The standard InChI is InChI=1S/C15H20F2N4O4S/c1-10(14(22)19-15(23)18-2)20-5-7-21(8-6-20)26(24,25)13-4-3-11(16)9-12(13)17/h3-4,9-10H,5-8H2,1-2H3,(H2,18,19,22,23)/t10-/m1/s1. The number of urea groups is 1. The summed E-state index contributed by atoms with van der Waals surface area (Å²) in [6.07, 6.45) is 0. The predicted octanol–water partition coefficient (Wildman–Crippen LogP) is 0.115. The molecular formula is C15H20F2N4O4S. The fourth-order valence-electron chi connectivity index (χ4n) is 2.60. The van der Waals surface area contributed by atoms with Crippen LogP contribution in [-0.4, -0.2) is 68.8 Å². The van der Waals surface area contributed by atoms with E-state index in [0.717, 1.165) is 16.4 Å². The van der Waals surface area contributed by atoms with Gasteiger partial charge in [-0.15, -0.1) is 0 Å². The summed E-state index contributed by atoms with van der Waals surface area (Å²) in [5, 5.41) is 4.43. The number of nitrogens with one attached hydrogen (secondary N) is 2. The number of carbonyl (C=O) groups excluding carboxylic acids is 2. The number of imide groups is 1. The lowest BCUT2D eigenvalue weighted by atomic mass is 10.2. The Balaban J connectivity index is 2.03. The van der Waals surface area contributed by atoms with Crippen molar-refractivity contribution in [1.29, 1.82) is 0 Å². The number of hydrogen-bond acceptors (Lipinski definition) is 5. The molecule has 1 heterocycles. The molecule has 0 aromatic heterocycles. The van der Waals surface area contributed by atoms with Crippen LogP contribution >= 0.6 is 0 Å². The number of amides is 3. The average Bonchev–Trinajstić information content (AvgIpc) is 2.60. The van der Waals surface area contributed by atoms with Crippen molar-refractivity contribution in [2.24, 2.45) is 0 Å². The maximum Gasteiger partial charge on any atom is 0.321 e. The maximum atomic E-state index is 13.8. The highest BCUT2D eigenvalue weighted by atomic mass is 32.2. The van der Waals surface area contributed by atoms with E-state index in [-0.39, 0.29) is 26.2 Å². The number of halogens is 2. The first kappa shape index (κ1) is 20.2. The molecule has 8 nitrogen and oxygen atoms in total. The molecule has 3 amide bonds. The zero-order valence-corrected chi connectivity index (χ0v) is 15.1. The molecule has 1 aliphatic rings. The molecule has 2 N–H and O–H groups in total. The van der Waals surface area contributed by atoms with Gasteiger partial charge in [-0.05, 0) is 19.1 Å². The molecule has 1 saturated heterocycles. The van der Waals surface area contributed by atoms with Crippen LogP contribution in [0.5, 0.6) is 0 Å². The second-order valence-corrected chi connectivity index (χ2v) is 7.67. The van der Waals surface area contributed by atoms with Crippen LogP contribution in [0.1, 0.15) is 6.92 Å². The molecule has 1 aliphatic heterocycles. The van der Waals surface area contributed by atoms with Crippen LogP contribution in [0.2, 0.25) is 0 Å². The molecule has 2 rings (SSSR count). The van der Waals surface area contributed by atoms with Crippen LogP contribution < -0.4 is 10.6 Å². The molecular weight excluding hydrogens is 370 g/mol. The second-order valence-electron chi connectivity index (χ2n) is 5.76. The molecule has 0 unspecified atom stereocenters. The summed E-state index contributed by atoms with van der Waals surface area (Å²) in [6, 6.07) is 1.03. The topological polar surface area (TPSA) is 98.8 Å². The lowest BCUT2D eigenvalue weighted by Gasteiger charge is -2.36. The second kappa shape index (κ2) is 8.06. The molecule has 1 fully saturated rings. The molecule has 26 heavy (non-hydrogen) atoms. The average molecular weight is 390 g/mol. The summed E-state index contributed by atoms with van der Waals surface area (Å²) in [7, 11) is -2.72. The Morgan fingerprint density at radius 1 is 1.15 bits per heavy atom. The Morgan fingerprint density at radius 2 is 1.77 bits per heavy atom. The van der Waals surface area contributed by atoms with E-state index >= 15 is 0 Å². The van der Waals surface area contributed by atoms with Crippen LogP contribution in [0.3, 0.4) is 0 Å². The van der Waals surface area contributed by atoms with Gasteiger partial charge in [0.05, 0.1) is 6.04 Å². The van der Waals surface area contributed by atoms with Gasteiger partial charge in [0, 0.05) is 39.3 Å². The largest absolute Gasteiger partial charge is 0.341 e.